The number of rotatable bonds is 2. The lowest BCUT2D eigenvalue weighted by molar-refractivity contribution is -0.0227. The van der Waals surface area contributed by atoms with Gasteiger partial charge in [0, 0.05) is 6.54 Å². The van der Waals surface area contributed by atoms with Gasteiger partial charge >= 0.3 is 6.09 Å². The van der Waals surface area contributed by atoms with Gasteiger partial charge in [-0.05, 0) is 43.9 Å². The average molecular weight is 294 g/mol. The number of nitrogens with zero attached hydrogens (tertiary/aromatic N) is 1. The number of ether oxygens (including phenoxy) is 1. The largest absolute Gasteiger partial charge is 0.450 e. The molecule has 0 spiro atoms. The van der Waals surface area contributed by atoms with E-state index in [-0.39, 0.29) is 24.2 Å². The standard InChI is InChI=1S/C16H26N2O3/c1-2-21-15(20)18-11-7-16(10-5-3-4-6-10)8-12(18)14(19)13(11)17-9-16/h10-14,17,19H,2-9H2,1H3/t11?,12?,13?,14-,16?/m0/s1. The fraction of sp³-hybridized carbons (Fsp3) is 0.938. The lowest BCUT2D eigenvalue weighted by Gasteiger charge is -2.52. The van der Waals surface area contributed by atoms with E-state index >= 15 is 0 Å². The van der Waals surface area contributed by atoms with Crippen LogP contribution in [0.2, 0.25) is 0 Å². The molecule has 1 aliphatic carbocycles. The first-order valence-electron chi connectivity index (χ1n) is 8.53. The van der Waals surface area contributed by atoms with E-state index in [9.17, 15) is 9.90 Å². The van der Waals surface area contributed by atoms with E-state index in [2.05, 4.69) is 5.32 Å². The van der Waals surface area contributed by atoms with Crippen molar-refractivity contribution in [3.63, 3.8) is 0 Å². The zero-order chi connectivity index (χ0) is 14.6. The summed E-state index contributed by atoms with van der Waals surface area (Å²) in [4.78, 5) is 14.1. The molecule has 0 radical (unpaired) electrons. The van der Waals surface area contributed by atoms with Crippen LogP contribution in [-0.4, -0.2) is 53.5 Å². The number of carbonyl (C=O) groups excluding carboxylic acids is 1. The molecule has 5 atom stereocenters. The number of piperidine rings is 2. The van der Waals surface area contributed by atoms with Crippen molar-refractivity contribution in [3.05, 3.63) is 0 Å². The summed E-state index contributed by atoms with van der Waals surface area (Å²) in [6.07, 6.45) is 6.63. The lowest BCUT2D eigenvalue weighted by atomic mass is 9.64. The van der Waals surface area contributed by atoms with Gasteiger partial charge in [-0.15, -0.1) is 0 Å². The van der Waals surface area contributed by atoms with Crippen LogP contribution in [0.4, 0.5) is 4.79 Å². The summed E-state index contributed by atoms with van der Waals surface area (Å²) in [7, 11) is 0. The zero-order valence-corrected chi connectivity index (χ0v) is 12.8. The second-order valence-electron chi connectivity index (χ2n) is 7.39. The van der Waals surface area contributed by atoms with Crippen molar-refractivity contribution in [3.8, 4) is 0 Å². The Balaban J connectivity index is 1.62. The molecule has 0 aromatic carbocycles. The van der Waals surface area contributed by atoms with Gasteiger partial charge in [-0.25, -0.2) is 4.79 Å². The molecule has 4 rings (SSSR count). The Bertz CT molecular complexity index is 435. The average Bonchev–Trinajstić information content (AvgIpc) is 3.04. The number of amides is 1. The minimum Gasteiger partial charge on any atom is -0.450 e. The van der Waals surface area contributed by atoms with Crippen molar-refractivity contribution in [1.82, 2.24) is 10.2 Å². The van der Waals surface area contributed by atoms with Crippen LogP contribution in [0.3, 0.4) is 0 Å². The fourth-order valence-corrected chi connectivity index (χ4v) is 5.62. The molecular formula is C16H26N2O3. The number of hydrogen-bond acceptors (Lipinski definition) is 4. The lowest BCUT2D eigenvalue weighted by Crippen LogP contribution is -2.62. The normalized spacial score (nSPS) is 45.3. The van der Waals surface area contributed by atoms with Crippen molar-refractivity contribution < 1.29 is 14.6 Å². The molecule has 0 aromatic heterocycles. The van der Waals surface area contributed by atoms with Gasteiger partial charge in [-0.2, -0.15) is 0 Å². The van der Waals surface area contributed by atoms with Gasteiger partial charge < -0.3 is 15.2 Å². The molecule has 4 fully saturated rings. The highest BCUT2D eigenvalue weighted by Gasteiger charge is 2.63. The van der Waals surface area contributed by atoms with E-state index < -0.39 is 6.10 Å². The first-order valence-corrected chi connectivity index (χ1v) is 8.53. The Morgan fingerprint density at radius 2 is 2.05 bits per heavy atom. The summed E-state index contributed by atoms with van der Waals surface area (Å²) in [5, 5.41) is 14.2. The molecule has 3 aliphatic heterocycles. The molecule has 3 bridgehead atoms. The summed E-state index contributed by atoms with van der Waals surface area (Å²) in [6.45, 7) is 3.25. The summed E-state index contributed by atoms with van der Waals surface area (Å²) in [5.41, 5.74) is 0.294. The predicted molar refractivity (Wildman–Crippen MR) is 77.9 cm³/mol. The molecule has 5 heteroatoms. The number of fused-ring (bicyclic) bond motifs is 2. The number of hydrogen-bond donors (Lipinski definition) is 2. The van der Waals surface area contributed by atoms with E-state index in [1.807, 2.05) is 11.8 Å². The highest BCUT2D eigenvalue weighted by Crippen LogP contribution is 2.55. The van der Waals surface area contributed by atoms with E-state index in [1.165, 1.54) is 25.7 Å². The Labute approximate surface area is 126 Å². The molecular weight excluding hydrogens is 268 g/mol. The third kappa shape index (κ3) is 1.86. The quantitative estimate of drug-likeness (QED) is 0.810. The first-order chi connectivity index (χ1) is 10.2. The monoisotopic (exact) mass is 294 g/mol. The van der Waals surface area contributed by atoms with Crippen molar-refractivity contribution in [1.29, 1.82) is 0 Å². The summed E-state index contributed by atoms with van der Waals surface area (Å²) >= 11 is 0. The molecule has 4 unspecified atom stereocenters. The maximum Gasteiger partial charge on any atom is 0.410 e. The Morgan fingerprint density at radius 3 is 2.76 bits per heavy atom. The SMILES string of the molecule is CCOC(=O)N1C2CC3(C4CCCC4)CNC2[C@@H](O)C1C3. The van der Waals surface area contributed by atoms with Crippen LogP contribution in [-0.2, 0) is 4.74 Å². The molecule has 1 amide bonds. The summed E-state index contributed by atoms with van der Waals surface area (Å²) < 4.78 is 5.22. The second-order valence-corrected chi connectivity index (χ2v) is 7.39. The molecule has 2 N–H and O–H groups in total. The highest BCUT2D eigenvalue weighted by atomic mass is 16.6. The molecule has 118 valence electrons. The van der Waals surface area contributed by atoms with Crippen molar-refractivity contribution >= 4 is 6.09 Å². The van der Waals surface area contributed by atoms with Crippen molar-refractivity contribution in [2.24, 2.45) is 11.3 Å². The van der Waals surface area contributed by atoms with Gasteiger partial charge in [0.1, 0.15) is 0 Å². The number of aliphatic hydroxyl groups is 1. The van der Waals surface area contributed by atoms with Crippen molar-refractivity contribution in [2.75, 3.05) is 13.2 Å². The number of nitrogens with one attached hydrogen (secondary N) is 1. The molecule has 1 saturated carbocycles. The van der Waals surface area contributed by atoms with Gasteiger partial charge in [0.2, 0.25) is 0 Å². The maximum absolute atomic E-state index is 12.3. The zero-order valence-electron chi connectivity index (χ0n) is 12.8. The maximum atomic E-state index is 12.3. The smallest absolute Gasteiger partial charge is 0.410 e. The third-order valence-electron chi connectivity index (χ3n) is 6.51. The van der Waals surface area contributed by atoms with Crippen LogP contribution in [0.5, 0.6) is 0 Å². The van der Waals surface area contributed by atoms with Crippen LogP contribution >= 0.6 is 0 Å². The van der Waals surface area contributed by atoms with Gasteiger partial charge in [0.05, 0.1) is 30.8 Å². The van der Waals surface area contributed by atoms with E-state index in [0.29, 0.717) is 12.0 Å². The van der Waals surface area contributed by atoms with Gasteiger partial charge in [-0.3, -0.25) is 4.90 Å². The molecule has 4 aliphatic rings. The Morgan fingerprint density at radius 1 is 1.33 bits per heavy atom. The van der Waals surface area contributed by atoms with E-state index in [0.717, 1.165) is 25.3 Å². The van der Waals surface area contributed by atoms with Gasteiger partial charge in [-0.1, -0.05) is 12.8 Å². The molecule has 3 saturated heterocycles. The van der Waals surface area contributed by atoms with E-state index in [4.69, 9.17) is 4.74 Å². The van der Waals surface area contributed by atoms with Gasteiger partial charge in [0.15, 0.2) is 0 Å². The van der Waals surface area contributed by atoms with E-state index in [1.54, 1.807) is 0 Å². The fourth-order valence-electron chi connectivity index (χ4n) is 5.62. The van der Waals surface area contributed by atoms with Gasteiger partial charge in [0.25, 0.3) is 0 Å². The van der Waals surface area contributed by atoms with Crippen LogP contribution in [0.15, 0.2) is 0 Å². The summed E-state index contributed by atoms with van der Waals surface area (Å²) in [5.74, 6) is 0.769. The first kappa shape index (κ1) is 13.8. The summed E-state index contributed by atoms with van der Waals surface area (Å²) in [6, 6.07) is 0.104. The Kier molecular flexibility index (Phi) is 3.19. The third-order valence-corrected chi connectivity index (χ3v) is 6.51. The molecule has 5 nitrogen and oxygen atoms in total. The molecule has 3 heterocycles. The topological polar surface area (TPSA) is 61.8 Å². The van der Waals surface area contributed by atoms with Crippen LogP contribution in [0.25, 0.3) is 0 Å². The predicted octanol–water partition coefficient (Wildman–Crippen LogP) is 1.50. The minimum absolute atomic E-state index is 0.0384. The second kappa shape index (κ2) is 4.85. The van der Waals surface area contributed by atoms with Crippen molar-refractivity contribution in [2.45, 2.75) is 69.7 Å². The van der Waals surface area contributed by atoms with Crippen LogP contribution in [0.1, 0.15) is 45.4 Å². The molecule has 0 aromatic rings. The van der Waals surface area contributed by atoms with Crippen LogP contribution < -0.4 is 5.32 Å². The minimum atomic E-state index is -0.440. The number of carbonyl (C=O) groups is 1. The highest BCUT2D eigenvalue weighted by molar-refractivity contribution is 5.70. The Hall–Kier alpha value is -0.810. The molecule has 21 heavy (non-hydrogen) atoms. The van der Waals surface area contributed by atoms with Crippen LogP contribution in [0, 0.1) is 11.3 Å². The number of aliphatic hydroxyl groups excluding tert-OH is 1.